The molecule has 1 aliphatic rings. The summed E-state index contributed by atoms with van der Waals surface area (Å²) >= 11 is 0. The molecule has 1 heterocycles. The largest absolute Gasteiger partial charge is 0.352 e. The van der Waals surface area contributed by atoms with Gasteiger partial charge in [-0.25, -0.2) is 0 Å². The molecule has 0 saturated carbocycles. The predicted molar refractivity (Wildman–Crippen MR) is 63.7 cm³/mol. The molecule has 1 saturated heterocycles. The highest BCUT2D eigenvalue weighted by Gasteiger charge is 2.30. The Morgan fingerprint density at radius 3 is 2.59 bits per heavy atom. The Kier molecular flexibility index (Phi) is 3.76. The van der Waals surface area contributed by atoms with Crippen molar-refractivity contribution in [1.29, 1.82) is 0 Å². The maximum absolute atomic E-state index is 11.7. The van der Waals surface area contributed by atoms with Crippen LogP contribution in [0.15, 0.2) is 30.3 Å². The summed E-state index contributed by atoms with van der Waals surface area (Å²) in [6.45, 7) is 3.70. The van der Waals surface area contributed by atoms with Crippen molar-refractivity contribution < 1.29 is 14.3 Å². The summed E-state index contributed by atoms with van der Waals surface area (Å²) in [6.07, 6.45) is 0.658. The second-order valence-electron chi connectivity index (χ2n) is 4.20. The van der Waals surface area contributed by atoms with Gasteiger partial charge in [0.15, 0.2) is 5.79 Å². The summed E-state index contributed by atoms with van der Waals surface area (Å²) in [7, 11) is 0. The molecule has 1 N–H and O–H groups in total. The van der Waals surface area contributed by atoms with E-state index in [9.17, 15) is 4.79 Å². The minimum absolute atomic E-state index is 0.0628. The van der Waals surface area contributed by atoms with Crippen molar-refractivity contribution in [3.63, 3.8) is 0 Å². The van der Waals surface area contributed by atoms with Crippen molar-refractivity contribution in [2.75, 3.05) is 19.8 Å². The molecule has 0 aromatic heterocycles. The topological polar surface area (TPSA) is 47.6 Å². The normalized spacial score (nSPS) is 17.9. The molecule has 1 aromatic rings. The molecule has 0 atom stereocenters. The Morgan fingerprint density at radius 2 is 1.94 bits per heavy atom. The van der Waals surface area contributed by atoms with Crippen LogP contribution >= 0.6 is 0 Å². The number of benzene rings is 1. The lowest BCUT2D eigenvalue weighted by Gasteiger charge is -2.22. The zero-order valence-corrected chi connectivity index (χ0v) is 9.94. The molecule has 0 bridgehead atoms. The van der Waals surface area contributed by atoms with Crippen molar-refractivity contribution in [1.82, 2.24) is 5.32 Å². The van der Waals surface area contributed by atoms with Gasteiger partial charge in [0.2, 0.25) is 0 Å². The van der Waals surface area contributed by atoms with Crippen LogP contribution in [0.2, 0.25) is 0 Å². The van der Waals surface area contributed by atoms with E-state index in [4.69, 9.17) is 9.47 Å². The van der Waals surface area contributed by atoms with Crippen LogP contribution < -0.4 is 5.32 Å². The minimum Gasteiger partial charge on any atom is -0.352 e. The number of hydrogen-bond acceptors (Lipinski definition) is 3. The molecule has 0 unspecified atom stereocenters. The summed E-state index contributed by atoms with van der Waals surface area (Å²) in [5, 5.41) is 2.85. The van der Waals surface area contributed by atoms with Gasteiger partial charge in [0, 0.05) is 18.5 Å². The van der Waals surface area contributed by atoms with E-state index in [0.717, 1.165) is 0 Å². The van der Waals surface area contributed by atoms with Crippen LogP contribution in [0.25, 0.3) is 0 Å². The van der Waals surface area contributed by atoms with Crippen molar-refractivity contribution in [3.05, 3.63) is 35.9 Å². The highest BCUT2D eigenvalue weighted by atomic mass is 16.7. The third kappa shape index (κ3) is 3.28. The number of nitrogens with one attached hydrogen (secondary N) is 1. The summed E-state index contributed by atoms with van der Waals surface area (Å²) in [4.78, 5) is 11.7. The fraction of sp³-hybridized carbons (Fsp3) is 0.462. The van der Waals surface area contributed by atoms with Gasteiger partial charge in [0.25, 0.3) is 5.91 Å². The van der Waals surface area contributed by atoms with Crippen molar-refractivity contribution in [2.24, 2.45) is 0 Å². The van der Waals surface area contributed by atoms with Crippen LogP contribution in [0.3, 0.4) is 0 Å². The van der Waals surface area contributed by atoms with E-state index in [2.05, 4.69) is 5.32 Å². The first kappa shape index (κ1) is 12.1. The highest BCUT2D eigenvalue weighted by Crippen LogP contribution is 2.21. The molecule has 1 fully saturated rings. The summed E-state index contributed by atoms with van der Waals surface area (Å²) in [6, 6.07) is 9.16. The summed E-state index contributed by atoms with van der Waals surface area (Å²) in [5.41, 5.74) is 0.672. The third-order valence-corrected chi connectivity index (χ3v) is 2.80. The molecule has 1 aromatic carbocycles. The van der Waals surface area contributed by atoms with Crippen molar-refractivity contribution in [2.45, 2.75) is 19.1 Å². The first-order valence-electron chi connectivity index (χ1n) is 5.81. The second kappa shape index (κ2) is 5.29. The SMILES string of the molecule is CC1(CCNC(=O)c2ccccc2)OCCO1. The summed E-state index contributed by atoms with van der Waals surface area (Å²) in [5.74, 6) is -0.601. The molecule has 92 valence electrons. The van der Waals surface area contributed by atoms with E-state index >= 15 is 0 Å². The van der Waals surface area contributed by atoms with E-state index in [0.29, 0.717) is 31.7 Å². The molecule has 4 heteroatoms. The molecule has 17 heavy (non-hydrogen) atoms. The maximum Gasteiger partial charge on any atom is 0.251 e. The molecular weight excluding hydrogens is 218 g/mol. The molecule has 0 spiro atoms. The van der Waals surface area contributed by atoms with E-state index in [1.165, 1.54) is 0 Å². The number of ether oxygens (including phenoxy) is 2. The van der Waals surface area contributed by atoms with Crippen LogP contribution in [0.4, 0.5) is 0 Å². The Labute approximate surface area is 101 Å². The van der Waals surface area contributed by atoms with Crippen LogP contribution in [-0.4, -0.2) is 31.5 Å². The standard InChI is InChI=1S/C13H17NO3/c1-13(16-9-10-17-13)7-8-14-12(15)11-5-3-2-4-6-11/h2-6H,7-10H2,1H3,(H,14,15). The Hall–Kier alpha value is -1.39. The fourth-order valence-electron chi connectivity index (χ4n) is 1.80. The van der Waals surface area contributed by atoms with Gasteiger partial charge in [0.05, 0.1) is 13.2 Å². The smallest absolute Gasteiger partial charge is 0.251 e. The molecule has 1 aliphatic heterocycles. The zero-order valence-electron chi connectivity index (χ0n) is 9.94. The number of hydrogen-bond donors (Lipinski definition) is 1. The van der Waals surface area contributed by atoms with Gasteiger partial charge in [-0.05, 0) is 19.1 Å². The Balaban J connectivity index is 1.77. The lowest BCUT2D eigenvalue weighted by atomic mass is 10.2. The number of carbonyl (C=O) groups is 1. The van der Waals surface area contributed by atoms with Gasteiger partial charge >= 0.3 is 0 Å². The quantitative estimate of drug-likeness (QED) is 0.861. The average molecular weight is 235 g/mol. The molecular formula is C13H17NO3. The van der Waals surface area contributed by atoms with Gasteiger partial charge in [-0.15, -0.1) is 0 Å². The van der Waals surface area contributed by atoms with E-state index in [-0.39, 0.29) is 5.91 Å². The lowest BCUT2D eigenvalue weighted by molar-refractivity contribution is -0.145. The Morgan fingerprint density at radius 1 is 1.29 bits per heavy atom. The second-order valence-corrected chi connectivity index (χ2v) is 4.20. The monoisotopic (exact) mass is 235 g/mol. The van der Waals surface area contributed by atoms with Crippen LogP contribution in [0, 0.1) is 0 Å². The fourth-order valence-corrected chi connectivity index (χ4v) is 1.80. The van der Waals surface area contributed by atoms with Gasteiger partial charge < -0.3 is 14.8 Å². The highest BCUT2D eigenvalue weighted by molar-refractivity contribution is 5.94. The Bertz CT molecular complexity index is 372. The third-order valence-electron chi connectivity index (χ3n) is 2.80. The van der Waals surface area contributed by atoms with Crippen LogP contribution in [0.1, 0.15) is 23.7 Å². The maximum atomic E-state index is 11.7. The van der Waals surface area contributed by atoms with Crippen LogP contribution in [0.5, 0.6) is 0 Å². The molecule has 0 radical (unpaired) electrons. The number of carbonyl (C=O) groups excluding carboxylic acids is 1. The van der Waals surface area contributed by atoms with Crippen LogP contribution in [-0.2, 0) is 9.47 Å². The van der Waals surface area contributed by atoms with E-state index < -0.39 is 5.79 Å². The zero-order chi connectivity index (χ0) is 12.1. The minimum atomic E-state index is -0.538. The lowest BCUT2D eigenvalue weighted by Crippen LogP contribution is -2.33. The van der Waals surface area contributed by atoms with Crippen molar-refractivity contribution in [3.8, 4) is 0 Å². The predicted octanol–water partition coefficient (Wildman–Crippen LogP) is 1.57. The molecule has 2 rings (SSSR count). The van der Waals surface area contributed by atoms with E-state index in [1.54, 1.807) is 12.1 Å². The summed E-state index contributed by atoms with van der Waals surface area (Å²) < 4.78 is 10.9. The van der Waals surface area contributed by atoms with Gasteiger partial charge in [-0.2, -0.15) is 0 Å². The van der Waals surface area contributed by atoms with Gasteiger partial charge in [-0.1, -0.05) is 18.2 Å². The van der Waals surface area contributed by atoms with E-state index in [1.807, 2.05) is 25.1 Å². The first-order chi connectivity index (χ1) is 8.20. The molecule has 1 amide bonds. The average Bonchev–Trinajstić information content (AvgIpc) is 2.77. The van der Waals surface area contributed by atoms with Crippen molar-refractivity contribution >= 4 is 5.91 Å². The molecule has 0 aliphatic carbocycles. The van der Waals surface area contributed by atoms with Gasteiger partial charge in [0.1, 0.15) is 0 Å². The first-order valence-corrected chi connectivity index (χ1v) is 5.81. The number of amides is 1. The number of rotatable bonds is 4. The molecule has 4 nitrogen and oxygen atoms in total. The van der Waals surface area contributed by atoms with Gasteiger partial charge in [-0.3, -0.25) is 4.79 Å².